The molecule has 2 aliphatic rings. The van der Waals surface area contributed by atoms with Crippen LogP contribution in [0.3, 0.4) is 0 Å². The third kappa shape index (κ3) is 3.63. The minimum atomic E-state index is -1.05. The summed E-state index contributed by atoms with van der Waals surface area (Å²) in [5, 5.41) is 22.4. The van der Waals surface area contributed by atoms with Crippen LogP contribution in [0.1, 0.15) is 50.8 Å². The van der Waals surface area contributed by atoms with E-state index >= 15 is 0 Å². The van der Waals surface area contributed by atoms with Gasteiger partial charge in [0.2, 0.25) is 0 Å². The van der Waals surface area contributed by atoms with Gasteiger partial charge in [-0.3, -0.25) is 4.90 Å². The quantitative estimate of drug-likeness (QED) is 0.781. The number of fused-ring (bicyclic) bond motifs is 1. The summed E-state index contributed by atoms with van der Waals surface area (Å²) in [5.41, 5.74) is 1.66. The van der Waals surface area contributed by atoms with Gasteiger partial charge in [0.05, 0.1) is 6.10 Å². The van der Waals surface area contributed by atoms with Crippen molar-refractivity contribution in [2.45, 2.75) is 57.9 Å². The molecule has 0 aliphatic heterocycles. The highest BCUT2D eigenvalue weighted by Crippen LogP contribution is 2.66. The number of hydrogen-bond acceptors (Lipinski definition) is 3. The standard InChI is InChI=1S/C25H33NO2/c1-18(20-12-8-5-9-13-20)26(16-19-10-6-4-7-11-19)17-25(28)15-22-21(14-23(25)27)24(22,2)3/h4-13,18,21-23,27-28H,14-17H2,1-3H3/t18-,21+,22-,23+,25+/m0/s1. The molecule has 2 aromatic carbocycles. The van der Waals surface area contributed by atoms with E-state index in [4.69, 9.17) is 0 Å². The Morgan fingerprint density at radius 3 is 2.25 bits per heavy atom. The van der Waals surface area contributed by atoms with Crippen molar-refractivity contribution in [3.8, 4) is 0 Å². The fourth-order valence-corrected chi connectivity index (χ4v) is 5.32. The lowest BCUT2D eigenvalue weighted by Crippen LogP contribution is -2.53. The molecule has 3 heteroatoms. The molecule has 2 aromatic rings. The SMILES string of the molecule is C[C@@H](c1ccccc1)N(Cc1ccccc1)C[C@]1(O)C[C@H]2[C@@H](C[C@H]1O)C2(C)C. The number of benzene rings is 2. The molecule has 150 valence electrons. The fourth-order valence-electron chi connectivity index (χ4n) is 5.32. The zero-order chi connectivity index (χ0) is 19.9. The Bertz CT molecular complexity index is 791. The van der Waals surface area contributed by atoms with Gasteiger partial charge in [0.15, 0.2) is 0 Å². The molecule has 3 nitrogen and oxygen atoms in total. The molecule has 0 aromatic heterocycles. The summed E-state index contributed by atoms with van der Waals surface area (Å²) < 4.78 is 0. The first kappa shape index (κ1) is 19.6. The molecular formula is C25H33NO2. The van der Waals surface area contributed by atoms with Crippen LogP contribution in [0.5, 0.6) is 0 Å². The summed E-state index contributed by atoms with van der Waals surface area (Å²) in [4.78, 5) is 2.32. The van der Waals surface area contributed by atoms with Crippen molar-refractivity contribution in [1.29, 1.82) is 0 Å². The molecule has 0 heterocycles. The summed E-state index contributed by atoms with van der Waals surface area (Å²) in [7, 11) is 0. The third-order valence-corrected chi connectivity index (χ3v) is 7.49. The molecule has 0 radical (unpaired) electrons. The molecule has 2 N–H and O–H groups in total. The molecule has 2 fully saturated rings. The van der Waals surface area contributed by atoms with Crippen molar-refractivity contribution in [3.63, 3.8) is 0 Å². The number of aliphatic hydroxyl groups is 2. The van der Waals surface area contributed by atoms with E-state index in [1.165, 1.54) is 11.1 Å². The van der Waals surface area contributed by atoms with Crippen LogP contribution in [0.15, 0.2) is 60.7 Å². The Balaban J connectivity index is 1.58. The smallest absolute Gasteiger partial charge is 0.103 e. The first-order valence-electron chi connectivity index (χ1n) is 10.5. The van der Waals surface area contributed by atoms with E-state index in [0.717, 1.165) is 6.54 Å². The lowest BCUT2D eigenvalue weighted by molar-refractivity contribution is -0.123. The van der Waals surface area contributed by atoms with Crippen LogP contribution in [-0.4, -0.2) is 33.4 Å². The van der Waals surface area contributed by atoms with Crippen LogP contribution in [0, 0.1) is 17.3 Å². The van der Waals surface area contributed by atoms with Gasteiger partial charge in [0, 0.05) is 19.1 Å². The molecule has 0 spiro atoms. The first-order chi connectivity index (χ1) is 13.3. The Hall–Kier alpha value is -1.68. The fraction of sp³-hybridized carbons (Fsp3) is 0.520. The van der Waals surface area contributed by atoms with Crippen molar-refractivity contribution in [2.75, 3.05) is 6.54 Å². The zero-order valence-electron chi connectivity index (χ0n) is 17.3. The first-order valence-corrected chi connectivity index (χ1v) is 10.5. The van der Waals surface area contributed by atoms with Crippen LogP contribution < -0.4 is 0 Å². The Morgan fingerprint density at radius 2 is 1.61 bits per heavy atom. The molecule has 0 saturated heterocycles. The van der Waals surface area contributed by atoms with Gasteiger partial charge in [-0.05, 0) is 48.1 Å². The van der Waals surface area contributed by atoms with E-state index in [0.29, 0.717) is 31.2 Å². The van der Waals surface area contributed by atoms with Crippen molar-refractivity contribution >= 4 is 0 Å². The summed E-state index contributed by atoms with van der Waals surface area (Å²) in [5.74, 6) is 1.07. The second-order valence-electron chi connectivity index (χ2n) is 9.57. The normalized spacial score (nSPS) is 32.0. The highest BCUT2D eigenvalue weighted by atomic mass is 16.3. The van der Waals surface area contributed by atoms with Gasteiger partial charge in [-0.15, -0.1) is 0 Å². The molecule has 0 unspecified atom stereocenters. The molecule has 4 rings (SSSR count). The van der Waals surface area contributed by atoms with E-state index in [1.807, 2.05) is 12.1 Å². The summed E-state index contributed by atoms with van der Waals surface area (Å²) in [6, 6.07) is 21.0. The average Bonchev–Trinajstić information content (AvgIpc) is 3.21. The number of hydrogen-bond donors (Lipinski definition) is 2. The lowest BCUT2D eigenvalue weighted by atomic mass is 9.81. The van der Waals surface area contributed by atoms with Crippen LogP contribution in [0.2, 0.25) is 0 Å². The summed E-state index contributed by atoms with van der Waals surface area (Å²) in [6.45, 7) is 7.98. The second-order valence-corrected chi connectivity index (χ2v) is 9.57. The minimum absolute atomic E-state index is 0.155. The molecule has 5 atom stereocenters. The summed E-state index contributed by atoms with van der Waals surface area (Å²) >= 11 is 0. The van der Waals surface area contributed by atoms with Crippen LogP contribution in [0.4, 0.5) is 0 Å². The van der Waals surface area contributed by atoms with E-state index in [2.05, 4.69) is 74.2 Å². The maximum absolute atomic E-state index is 11.5. The highest BCUT2D eigenvalue weighted by Gasteiger charge is 2.64. The molecule has 2 aliphatic carbocycles. The van der Waals surface area contributed by atoms with Crippen LogP contribution >= 0.6 is 0 Å². The van der Waals surface area contributed by atoms with Crippen molar-refractivity contribution in [3.05, 3.63) is 71.8 Å². The molecule has 0 amide bonds. The van der Waals surface area contributed by atoms with Crippen molar-refractivity contribution in [2.24, 2.45) is 17.3 Å². The molecular weight excluding hydrogens is 346 g/mol. The molecule has 28 heavy (non-hydrogen) atoms. The van der Waals surface area contributed by atoms with E-state index in [-0.39, 0.29) is 11.5 Å². The van der Waals surface area contributed by atoms with Gasteiger partial charge >= 0.3 is 0 Å². The summed E-state index contributed by atoms with van der Waals surface area (Å²) in [6.07, 6.45) is 0.753. The van der Waals surface area contributed by atoms with Crippen molar-refractivity contribution < 1.29 is 10.2 Å². The molecule has 0 bridgehead atoms. The lowest BCUT2D eigenvalue weighted by Gasteiger charge is -2.42. The predicted octanol–water partition coefficient (Wildman–Crippen LogP) is 4.41. The maximum Gasteiger partial charge on any atom is 0.103 e. The van der Waals surface area contributed by atoms with Crippen molar-refractivity contribution in [1.82, 2.24) is 4.90 Å². The van der Waals surface area contributed by atoms with Gasteiger partial charge in [-0.25, -0.2) is 0 Å². The average molecular weight is 380 g/mol. The third-order valence-electron chi connectivity index (χ3n) is 7.49. The number of rotatable bonds is 6. The minimum Gasteiger partial charge on any atom is -0.390 e. The van der Waals surface area contributed by atoms with Crippen LogP contribution in [-0.2, 0) is 6.54 Å². The zero-order valence-corrected chi connectivity index (χ0v) is 17.3. The largest absolute Gasteiger partial charge is 0.390 e. The Morgan fingerprint density at radius 1 is 1.00 bits per heavy atom. The van der Waals surface area contributed by atoms with Gasteiger partial charge in [0.25, 0.3) is 0 Å². The number of aliphatic hydroxyl groups excluding tert-OH is 1. The number of nitrogens with zero attached hydrogens (tertiary/aromatic N) is 1. The van der Waals surface area contributed by atoms with Gasteiger partial charge in [0.1, 0.15) is 5.60 Å². The molecule has 2 saturated carbocycles. The van der Waals surface area contributed by atoms with E-state index in [9.17, 15) is 10.2 Å². The monoisotopic (exact) mass is 379 g/mol. The van der Waals surface area contributed by atoms with Gasteiger partial charge in [-0.2, -0.15) is 0 Å². The topological polar surface area (TPSA) is 43.7 Å². The van der Waals surface area contributed by atoms with E-state index in [1.54, 1.807) is 0 Å². The Kier molecular flexibility index (Phi) is 5.11. The van der Waals surface area contributed by atoms with E-state index < -0.39 is 11.7 Å². The predicted molar refractivity (Wildman–Crippen MR) is 113 cm³/mol. The maximum atomic E-state index is 11.5. The Labute approximate surface area is 169 Å². The highest BCUT2D eigenvalue weighted by molar-refractivity contribution is 5.21. The van der Waals surface area contributed by atoms with Gasteiger partial charge in [-0.1, -0.05) is 74.5 Å². The van der Waals surface area contributed by atoms with Gasteiger partial charge < -0.3 is 10.2 Å². The second kappa shape index (κ2) is 7.29. The van der Waals surface area contributed by atoms with Crippen LogP contribution in [0.25, 0.3) is 0 Å².